The van der Waals surface area contributed by atoms with Crippen LogP contribution in [0.2, 0.25) is 0 Å². The van der Waals surface area contributed by atoms with E-state index in [1.165, 1.54) is 12.3 Å². The van der Waals surface area contributed by atoms with Gasteiger partial charge in [-0.1, -0.05) is 18.1 Å². The number of aromatic amines is 1. The van der Waals surface area contributed by atoms with Crippen molar-refractivity contribution >= 4 is 16.8 Å². The Hall–Kier alpha value is -3.50. The lowest BCUT2D eigenvalue weighted by Crippen LogP contribution is -2.45. The second kappa shape index (κ2) is 10.1. The molecular formula is C27H28F3N5O2. The van der Waals surface area contributed by atoms with Gasteiger partial charge in [-0.2, -0.15) is 13.2 Å². The van der Waals surface area contributed by atoms with Gasteiger partial charge in [0.05, 0.1) is 28.4 Å². The number of nitrogens with one attached hydrogen (secondary N) is 1. The van der Waals surface area contributed by atoms with Gasteiger partial charge < -0.3 is 14.4 Å². The van der Waals surface area contributed by atoms with Gasteiger partial charge in [-0.3, -0.25) is 9.69 Å². The number of carbonyl (C=O) groups is 1. The number of aryl methyl sites for hydroxylation is 1. The maximum absolute atomic E-state index is 13.8. The number of rotatable bonds is 7. The summed E-state index contributed by atoms with van der Waals surface area (Å²) in [7, 11) is 0. The van der Waals surface area contributed by atoms with Gasteiger partial charge in [0.15, 0.2) is 5.78 Å². The molecule has 7 nitrogen and oxygen atoms in total. The summed E-state index contributed by atoms with van der Waals surface area (Å²) in [6.45, 7) is 8.67. The van der Waals surface area contributed by atoms with Gasteiger partial charge in [0.25, 0.3) is 0 Å². The molecule has 1 aliphatic rings. The SMILES string of the molecule is CCN1CCN(Cc2cc(-c3nc4ccc(CC(=O)c5cnoc5C)cc4[nH]3)cc(C(F)(F)F)c2)CC1. The number of ketones is 1. The number of piperazine rings is 1. The molecule has 2 aromatic carbocycles. The van der Waals surface area contributed by atoms with Crippen molar-refractivity contribution in [3.05, 3.63) is 70.6 Å². The molecule has 0 bridgehead atoms. The van der Waals surface area contributed by atoms with Crippen molar-refractivity contribution in [2.45, 2.75) is 33.0 Å². The number of nitrogens with zero attached hydrogens (tertiary/aromatic N) is 4. The first-order valence-corrected chi connectivity index (χ1v) is 12.3. The lowest BCUT2D eigenvalue weighted by molar-refractivity contribution is -0.137. The van der Waals surface area contributed by atoms with Crippen molar-refractivity contribution in [1.29, 1.82) is 0 Å². The molecule has 5 rings (SSSR count). The highest BCUT2D eigenvalue weighted by molar-refractivity contribution is 5.98. The molecule has 37 heavy (non-hydrogen) atoms. The Morgan fingerprint density at radius 1 is 1.05 bits per heavy atom. The summed E-state index contributed by atoms with van der Waals surface area (Å²) in [4.78, 5) is 24.8. The van der Waals surface area contributed by atoms with Crippen LogP contribution in [0.1, 0.15) is 39.7 Å². The standard InChI is InChI=1S/C27H28F3N5O2/c1-3-34-6-8-35(9-7-34)16-19-10-20(14-21(11-19)27(28,29)30)26-32-23-5-4-18(12-24(23)33-26)13-25(36)22-15-31-37-17(22)2/h4-5,10-12,14-15H,3,6-9,13,16H2,1-2H3,(H,32,33). The first-order chi connectivity index (χ1) is 17.7. The number of imidazole rings is 1. The highest BCUT2D eigenvalue weighted by atomic mass is 19.4. The number of hydrogen-bond acceptors (Lipinski definition) is 6. The fourth-order valence-corrected chi connectivity index (χ4v) is 4.76. The average Bonchev–Trinajstić information content (AvgIpc) is 3.49. The Labute approximate surface area is 212 Å². The molecule has 0 aliphatic carbocycles. The topological polar surface area (TPSA) is 78.3 Å². The molecule has 2 aromatic heterocycles. The van der Waals surface area contributed by atoms with Crippen LogP contribution in [-0.2, 0) is 19.1 Å². The fraction of sp³-hybridized carbons (Fsp3) is 0.370. The summed E-state index contributed by atoms with van der Waals surface area (Å²) < 4.78 is 46.3. The first kappa shape index (κ1) is 25.2. The molecule has 0 amide bonds. The molecule has 1 N–H and O–H groups in total. The predicted octanol–water partition coefficient (Wildman–Crippen LogP) is 5.11. The Balaban J connectivity index is 1.41. The van der Waals surface area contributed by atoms with Crippen molar-refractivity contribution in [3.63, 3.8) is 0 Å². The molecule has 194 valence electrons. The number of halogens is 3. The highest BCUT2D eigenvalue weighted by Crippen LogP contribution is 2.34. The maximum Gasteiger partial charge on any atom is 0.416 e. The zero-order valence-corrected chi connectivity index (χ0v) is 20.7. The zero-order valence-electron chi connectivity index (χ0n) is 20.7. The quantitative estimate of drug-likeness (QED) is 0.348. The van der Waals surface area contributed by atoms with Crippen LogP contribution < -0.4 is 0 Å². The third kappa shape index (κ3) is 5.60. The average molecular weight is 512 g/mol. The number of aromatic nitrogens is 3. The first-order valence-electron chi connectivity index (χ1n) is 12.3. The largest absolute Gasteiger partial charge is 0.416 e. The van der Waals surface area contributed by atoms with Crippen molar-refractivity contribution in [1.82, 2.24) is 24.9 Å². The molecule has 10 heteroatoms. The number of hydrogen-bond donors (Lipinski definition) is 1. The molecule has 1 aliphatic heterocycles. The van der Waals surface area contributed by atoms with Gasteiger partial charge >= 0.3 is 6.18 Å². The number of carbonyl (C=O) groups excluding carboxylic acids is 1. The van der Waals surface area contributed by atoms with Crippen LogP contribution in [-0.4, -0.2) is 63.4 Å². The summed E-state index contributed by atoms with van der Waals surface area (Å²) in [5.41, 5.74) is 2.74. The van der Waals surface area contributed by atoms with Gasteiger partial charge in [-0.05, 0) is 54.9 Å². The molecule has 1 fully saturated rings. The van der Waals surface area contributed by atoms with Crippen molar-refractivity contribution < 1.29 is 22.5 Å². The van der Waals surface area contributed by atoms with Crippen molar-refractivity contribution in [2.75, 3.05) is 32.7 Å². The summed E-state index contributed by atoms with van der Waals surface area (Å²) in [6, 6.07) is 9.50. The van der Waals surface area contributed by atoms with E-state index < -0.39 is 11.7 Å². The number of likely N-dealkylation sites (N-methyl/N-ethyl adjacent to an activating group) is 1. The number of Topliss-reactive ketones (excluding diaryl/α,β-unsaturated/α-hetero) is 1. The van der Waals surface area contributed by atoms with E-state index in [1.54, 1.807) is 31.2 Å². The van der Waals surface area contributed by atoms with E-state index >= 15 is 0 Å². The normalized spacial score (nSPS) is 15.5. The van der Waals surface area contributed by atoms with E-state index in [-0.39, 0.29) is 12.2 Å². The lowest BCUT2D eigenvalue weighted by atomic mass is 10.0. The smallest absolute Gasteiger partial charge is 0.361 e. The predicted molar refractivity (Wildman–Crippen MR) is 133 cm³/mol. The molecule has 3 heterocycles. The fourth-order valence-electron chi connectivity index (χ4n) is 4.76. The van der Waals surface area contributed by atoms with Crippen molar-refractivity contribution in [3.8, 4) is 11.4 Å². The van der Waals surface area contributed by atoms with Crippen LogP contribution in [0.15, 0.2) is 47.1 Å². The summed E-state index contributed by atoms with van der Waals surface area (Å²) in [5.74, 6) is 0.694. The Morgan fingerprint density at radius 2 is 1.81 bits per heavy atom. The van der Waals surface area contributed by atoms with E-state index in [1.807, 2.05) is 0 Å². The molecular weight excluding hydrogens is 483 g/mol. The summed E-state index contributed by atoms with van der Waals surface area (Å²) in [5, 5.41) is 3.65. The van der Waals surface area contributed by atoms with Crippen LogP contribution in [0.4, 0.5) is 13.2 Å². The number of benzene rings is 2. The minimum absolute atomic E-state index is 0.125. The Bertz CT molecular complexity index is 1420. The van der Waals surface area contributed by atoms with Gasteiger partial charge in [0.2, 0.25) is 0 Å². The van der Waals surface area contributed by atoms with E-state index in [2.05, 4.69) is 31.8 Å². The number of fused-ring (bicyclic) bond motifs is 1. The molecule has 0 unspecified atom stereocenters. The molecule has 0 radical (unpaired) electrons. The third-order valence-corrected chi connectivity index (χ3v) is 6.87. The maximum atomic E-state index is 13.8. The van der Waals surface area contributed by atoms with Crippen LogP contribution in [0, 0.1) is 6.92 Å². The van der Waals surface area contributed by atoms with Crippen LogP contribution in [0.5, 0.6) is 0 Å². The minimum atomic E-state index is -4.47. The molecule has 0 saturated carbocycles. The van der Waals surface area contributed by atoms with E-state index in [0.29, 0.717) is 45.9 Å². The van der Waals surface area contributed by atoms with Gasteiger partial charge in [0, 0.05) is 44.7 Å². The monoisotopic (exact) mass is 511 g/mol. The van der Waals surface area contributed by atoms with Gasteiger partial charge in [0.1, 0.15) is 11.6 Å². The third-order valence-electron chi connectivity index (χ3n) is 6.87. The minimum Gasteiger partial charge on any atom is -0.361 e. The Kier molecular flexibility index (Phi) is 6.87. The van der Waals surface area contributed by atoms with E-state index in [9.17, 15) is 18.0 Å². The van der Waals surface area contributed by atoms with Gasteiger partial charge in [-0.25, -0.2) is 4.98 Å². The van der Waals surface area contributed by atoms with Crippen LogP contribution in [0.25, 0.3) is 22.4 Å². The lowest BCUT2D eigenvalue weighted by Gasteiger charge is -2.34. The highest BCUT2D eigenvalue weighted by Gasteiger charge is 2.32. The van der Waals surface area contributed by atoms with E-state index in [0.717, 1.165) is 44.4 Å². The van der Waals surface area contributed by atoms with Crippen molar-refractivity contribution in [2.24, 2.45) is 0 Å². The molecule has 0 spiro atoms. The van der Waals surface area contributed by atoms with E-state index in [4.69, 9.17) is 4.52 Å². The van der Waals surface area contributed by atoms with Gasteiger partial charge in [-0.15, -0.1) is 0 Å². The number of alkyl halides is 3. The summed E-state index contributed by atoms with van der Waals surface area (Å²) >= 11 is 0. The summed E-state index contributed by atoms with van der Waals surface area (Å²) in [6.07, 6.45) is -2.92. The zero-order chi connectivity index (χ0) is 26.2. The van der Waals surface area contributed by atoms with Crippen LogP contribution in [0.3, 0.4) is 0 Å². The molecule has 0 atom stereocenters. The van der Waals surface area contributed by atoms with Crippen LogP contribution >= 0.6 is 0 Å². The second-order valence-electron chi connectivity index (χ2n) is 9.46. The Morgan fingerprint density at radius 3 is 2.49 bits per heavy atom. The number of H-pyrrole nitrogens is 1. The molecule has 1 saturated heterocycles. The molecule has 4 aromatic rings. The second-order valence-corrected chi connectivity index (χ2v) is 9.46.